The van der Waals surface area contributed by atoms with Crippen molar-refractivity contribution in [3.63, 3.8) is 0 Å². The molecule has 0 unspecified atom stereocenters. The van der Waals surface area contributed by atoms with Crippen LogP contribution in [0.5, 0.6) is 0 Å². The Kier molecular flexibility index (Phi) is 8.55. The van der Waals surface area contributed by atoms with Crippen LogP contribution in [0, 0.1) is 0 Å². The summed E-state index contributed by atoms with van der Waals surface area (Å²) in [6.45, 7) is 1.11. The summed E-state index contributed by atoms with van der Waals surface area (Å²) in [7, 11) is 0. The topological polar surface area (TPSA) is 53.4 Å². The van der Waals surface area contributed by atoms with Crippen LogP contribution in [-0.4, -0.2) is 45.6 Å². The molecule has 0 fully saturated rings. The first-order chi connectivity index (χ1) is 16.7. The standard InChI is InChI=1S/C28H22N2O2S2.Na.H/c31-27(32)24-16-8-7-14-22(24)18-30(19-23-15-9-17-33-23)28-29-25(20-10-3-1-4-11-20)26(34-28)21-12-5-2-6-13-21;;/h1-17H,18-19H2,(H,31,32);;. The fraction of sp³-hybridized carbons (Fsp3) is 0.0714. The number of thiophene rings is 1. The molecule has 3 aromatic carbocycles. The predicted molar refractivity (Wildman–Crippen MR) is 148 cm³/mol. The average molecular weight is 507 g/mol. The Labute approximate surface area is 234 Å². The van der Waals surface area contributed by atoms with Crippen molar-refractivity contribution in [1.82, 2.24) is 4.98 Å². The molecule has 0 amide bonds. The van der Waals surface area contributed by atoms with Crippen LogP contribution >= 0.6 is 22.7 Å². The van der Waals surface area contributed by atoms with E-state index in [0.717, 1.165) is 32.4 Å². The molecule has 0 radical (unpaired) electrons. The van der Waals surface area contributed by atoms with Gasteiger partial charge in [-0.15, -0.1) is 11.3 Å². The van der Waals surface area contributed by atoms with E-state index in [2.05, 4.69) is 40.6 Å². The van der Waals surface area contributed by atoms with Crippen molar-refractivity contribution in [3.8, 4) is 21.7 Å². The summed E-state index contributed by atoms with van der Waals surface area (Å²) >= 11 is 3.33. The third-order valence-electron chi connectivity index (χ3n) is 5.51. The van der Waals surface area contributed by atoms with Crippen molar-refractivity contribution in [2.45, 2.75) is 13.1 Å². The number of hydrogen-bond donors (Lipinski definition) is 1. The van der Waals surface area contributed by atoms with Gasteiger partial charge in [-0.3, -0.25) is 0 Å². The van der Waals surface area contributed by atoms with Crippen molar-refractivity contribution in [2.24, 2.45) is 0 Å². The van der Waals surface area contributed by atoms with E-state index in [-0.39, 0.29) is 29.6 Å². The van der Waals surface area contributed by atoms with Gasteiger partial charge in [0.2, 0.25) is 0 Å². The number of carboxylic acid groups (broad SMARTS) is 1. The fourth-order valence-corrected chi connectivity index (χ4v) is 5.69. The van der Waals surface area contributed by atoms with Crippen molar-refractivity contribution in [3.05, 3.63) is 118 Å². The monoisotopic (exact) mass is 506 g/mol. The number of rotatable bonds is 8. The maximum absolute atomic E-state index is 11.9. The average Bonchev–Trinajstić information content (AvgIpc) is 3.55. The van der Waals surface area contributed by atoms with Gasteiger partial charge in [-0.1, -0.05) is 96.3 Å². The van der Waals surface area contributed by atoms with Crippen molar-refractivity contribution in [2.75, 3.05) is 4.90 Å². The van der Waals surface area contributed by atoms with Gasteiger partial charge in [0.15, 0.2) is 5.13 Å². The molecule has 0 spiro atoms. The van der Waals surface area contributed by atoms with Gasteiger partial charge in [-0.05, 0) is 28.6 Å². The van der Waals surface area contributed by atoms with E-state index in [1.807, 2.05) is 54.6 Å². The van der Waals surface area contributed by atoms with E-state index in [1.165, 1.54) is 4.88 Å². The quantitative estimate of drug-likeness (QED) is 0.235. The van der Waals surface area contributed by atoms with Crippen LogP contribution in [0.15, 0.2) is 102 Å². The Balaban J connectivity index is 0.00000289. The zero-order valence-corrected chi connectivity index (χ0v) is 19.9. The molecule has 5 aromatic rings. The second-order valence-corrected chi connectivity index (χ2v) is 9.81. The van der Waals surface area contributed by atoms with Gasteiger partial charge >= 0.3 is 35.5 Å². The van der Waals surface area contributed by atoms with Gasteiger partial charge in [0.25, 0.3) is 0 Å². The van der Waals surface area contributed by atoms with E-state index >= 15 is 0 Å². The number of carboxylic acids is 1. The fourth-order valence-electron chi connectivity index (χ4n) is 3.88. The normalized spacial score (nSPS) is 10.5. The van der Waals surface area contributed by atoms with Gasteiger partial charge in [-0.25, -0.2) is 9.78 Å². The molecule has 0 saturated heterocycles. The molecule has 0 bridgehead atoms. The summed E-state index contributed by atoms with van der Waals surface area (Å²) in [6, 6.07) is 31.8. The van der Waals surface area contributed by atoms with Gasteiger partial charge in [0.05, 0.1) is 22.7 Å². The number of benzene rings is 3. The van der Waals surface area contributed by atoms with Gasteiger partial charge in [0.1, 0.15) is 0 Å². The van der Waals surface area contributed by atoms with E-state index in [9.17, 15) is 9.90 Å². The molecule has 4 nitrogen and oxygen atoms in total. The third-order valence-corrected chi connectivity index (χ3v) is 7.53. The van der Waals surface area contributed by atoms with E-state index in [4.69, 9.17) is 4.98 Å². The van der Waals surface area contributed by atoms with E-state index in [1.54, 1.807) is 34.8 Å². The van der Waals surface area contributed by atoms with Gasteiger partial charge in [0, 0.05) is 17.0 Å². The molecule has 7 heteroatoms. The maximum atomic E-state index is 11.9. The molecule has 2 aromatic heterocycles. The predicted octanol–water partition coefficient (Wildman–Crippen LogP) is 6.80. The Bertz CT molecular complexity index is 1330. The number of aromatic nitrogens is 1. The molecule has 0 aliphatic rings. The number of carbonyl (C=O) groups is 1. The van der Waals surface area contributed by atoms with Crippen LogP contribution in [0.4, 0.5) is 5.13 Å². The molecular weight excluding hydrogens is 483 g/mol. The van der Waals surface area contributed by atoms with Crippen LogP contribution in [-0.2, 0) is 13.1 Å². The molecule has 0 atom stereocenters. The van der Waals surface area contributed by atoms with Gasteiger partial charge in [-0.2, -0.15) is 0 Å². The summed E-state index contributed by atoms with van der Waals surface area (Å²) in [5.41, 5.74) is 4.21. The summed E-state index contributed by atoms with van der Waals surface area (Å²) < 4.78 is 0. The van der Waals surface area contributed by atoms with E-state index in [0.29, 0.717) is 18.7 Å². The Morgan fingerprint density at radius 2 is 1.46 bits per heavy atom. The Morgan fingerprint density at radius 3 is 2.11 bits per heavy atom. The number of hydrogen-bond acceptors (Lipinski definition) is 5. The molecular formula is C28H23N2NaO2S2. The second kappa shape index (κ2) is 11.8. The summed E-state index contributed by atoms with van der Waals surface area (Å²) in [4.78, 5) is 21.4. The van der Waals surface area contributed by atoms with Crippen molar-refractivity contribution >= 4 is 63.3 Å². The SMILES string of the molecule is O=C(O)c1ccccc1CN(Cc1cccs1)c1nc(-c2ccccc2)c(-c2ccccc2)s1.[NaH]. The van der Waals surface area contributed by atoms with Crippen LogP contribution in [0.25, 0.3) is 21.7 Å². The first kappa shape index (κ1) is 25.4. The van der Waals surface area contributed by atoms with Crippen LogP contribution in [0.1, 0.15) is 20.8 Å². The van der Waals surface area contributed by atoms with Crippen molar-refractivity contribution < 1.29 is 9.90 Å². The number of aromatic carboxylic acids is 1. The minimum atomic E-state index is -0.916. The molecule has 5 rings (SSSR count). The molecule has 35 heavy (non-hydrogen) atoms. The zero-order chi connectivity index (χ0) is 23.3. The molecule has 0 saturated carbocycles. The van der Waals surface area contributed by atoms with Crippen LogP contribution < -0.4 is 4.90 Å². The van der Waals surface area contributed by atoms with Crippen LogP contribution in [0.2, 0.25) is 0 Å². The summed E-state index contributed by atoms with van der Waals surface area (Å²) in [5.74, 6) is -0.916. The second-order valence-electron chi connectivity index (χ2n) is 7.80. The molecule has 1 N–H and O–H groups in total. The molecule has 0 aliphatic heterocycles. The third kappa shape index (κ3) is 5.92. The molecule has 2 heterocycles. The first-order valence-corrected chi connectivity index (χ1v) is 12.6. The van der Waals surface area contributed by atoms with Gasteiger partial charge < -0.3 is 10.0 Å². The molecule has 170 valence electrons. The Hall–Kier alpha value is -2.74. The van der Waals surface area contributed by atoms with Crippen LogP contribution in [0.3, 0.4) is 0 Å². The number of nitrogens with zero attached hydrogens (tertiary/aromatic N) is 2. The minimum absolute atomic E-state index is 0. The summed E-state index contributed by atoms with van der Waals surface area (Å²) in [5, 5.41) is 12.6. The molecule has 0 aliphatic carbocycles. The zero-order valence-electron chi connectivity index (χ0n) is 18.3. The number of anilines is 1. The Morgan fingerprint density at radius 1 is 0.800 bits per heavy atom. The van der Waals surface area contributed by atoms with Crippen molar-refractivity contribution in [1.29, 1.82) is 0 Å². The number of thiazole rings is 1. The van der Waals surface area contributed by atoms with E-state index < -0.39 is 5.97 Å². The summed E-state index contributed by atoms with van der Waals surface area (Å²) in [6.07, 6.45) is 0. The first-order valence-electron chi connectivity index (χ1n) is 10.9.